The predicted molar refractivity (Wildman–Crippen MR) is 124 cm³/mol. The van der Waals surface area contributed by atoms with Crippen LogP contribution >= 0.6 is 0 Å². The van der Waals surface area contributed by atoms with Crippen molar-refractivity contribution >= 4 is 17.3 Å². The Kier molecular flexibility index (Phi) is 5.74. The largest absolute Gasteiger partial charge is 0.341 e. The van der Waals surface area contributed by atoms with Crippen LogP contribution in [0.15, 0.2) is 60.6 Å². The van der Waals surface area contributed by atoms with Crippen LogP contribution in [0.1, 0.15) is 18.4 Å². The molecule has 1 unspecified atom stereocenters. The Morgan fingerprint density at radius 3 is 2.59 bits per heavy atom. The van der Waals surface area contributed by atoms with Gasteiger partial charge in [0.2, 0.25) is 5.91 Å². The van der Waals surface area contributed by atoms with Gasteiger partial charge in [0.1, 0.15) is 17.8 Å². The molecule has 0 aliphatic carbocycles. The Morgan fingerprint density at radius 1 is 1.09 bits per heavy atom. The molecular formula is C25H30FN5O. The van der Waals surface area contributed by atoms with Gasteiger partial charge in [-0.15, -0.1) is 0 Å². The first kappa shape index (κ1) is 20.8. The summed E-state index contributed by atoms with van der Waals surface area (Å²) in [5, 5.41) is 6.90. The second kappa shape index (κ2) is 8.82. The van der Waals surface area contributed by atoms with E-state index in [0.29, 0.717) is 13.1 Å². The number of anilines is 2. The minimum Gasteiger partial charge on any atom is -0.341 e. The fourth-order valence-electron chi connectivity index (χ4n) is 4.85. The lowest BCUT2D eigenvalue weighted by atomic mass is 9.97. The van der Waals surface area contributed by atoms with Crippen molar-refractivity contribution in [2.24, 2.45) is 5.92 Å². The number of hydrogen-bond donors (Lipinski definition) is 2. The van der Waals surface area contributed by atoms with Crippen molar-refractivity contribution in [2.75, 3.05) is 42.9 Å². The zero-order chi connectivity index (χ0) is 22.1. The summed E-state index contributed by atoms with van der Waals surface area (Å²) in [6.07, 6.45) is 4.06. The van der Waals surface area contributed by atoms with E-state index in [4.69, 9.17) is 0 Å². The molecule has 0 aromatic heterocycles. The molecule has 1 amide bonds. The number of amides is 1. The number of piperazine rings is 1. The highest BCUT2D eigenvalue weighted by atomic mass is 19.1. The van der Waals surface area contributed by atoms with Crippen LogP contribution in [0.3, 0.4) is 0 Å². The van der Waals surface area contributed by atoms with Crippen LogP contribution in [0, 0.1) is 18.7 Å². The molecule has 0 saturated carbocycles. The van der Waals surface area contributed by atoms with Gasteiger partial charge in [-0.2, -0.15) is 0 Å². The van der Waals surface area contributed by atoms with Gasteiger partial charge in [-0.1, -0.05) is 17.7 Å². The monoisotopic (exact) mass is 435 g/mol. The van der Waals surface area contributed by atoms with Crippen molar-refractivity contribution in [3.8, 4) is 0 Å². The van der Waals surface area contributed by atoms with Crippen LogP contribution in [0.2, 0.25) is 0 Å². The normalized spacial score (nSPS) is 23.1. The Labute approximate surface area is 188 Å². The average molecular weight is 436 g/mol. The Hall–Kier alpha value is -3.06. The van der Waals surface area contributed by atoms with Gasteiger partial charge < -0.3 is 25.3 Å². The fraction of sp³-hybridized carbons (Fsp3) is 0.400. The second-order valence-corrected chi connectivity index (χ2v) is 8.89. The number of hydrogen-bond acceptors (Lipinski definition) is 5. The summed E-state index contributed by atoms with van der Waals surface area (Å²) in [7, 11) is 0. The standard InChI is InChI=1S/C25H30FN5O/c1-18-4-8-21(9-5-18)28-23-16-31(22-10-6-20(26)7-11-22)24-17-29(13-14-30(23)24)25(32)19-3-2-12-27-15-19/h4-11,16,19,24,27-28H,2-3,12-15,17H2,1H3/t19-,24?/m0/s1. The maximum atomic E-state index is 13.6. The van der Waals surface area contributed by atoms with Gasteiger partial charge in [0.05, 0.1) is 12.5 Å². The quantitative estimate of drug-likeness (QED) is 0.772. The van der Waals surface area contributed by atoms with Crippen LogP contribution in [-0.2, 0) is 4.79 Å². The van der Waals surface area contributed by atoms with Gasteiger partial charge in [-0.25, -0.2) is 4.39 Å². The summed E-state index contributed by atoms with van der Waals surface area (Å²) in [6, 6.07) is 14.9. The molecule has 2 aromatic rings. The molecule has 2 fully saturated rings. The van der Waals surface area contributed by atoms with E-state index >= 15 is 0 Å². The van der Waals surface area contributed by atoms with E-state index < -0.39 is 0 Å². The lowest BCUT2D eigenvalue weighted by molar-refractivity contribution is -0.138. The van der Waals surface area contributed by atoms with Gasteiger partial charge in [-0.3, -0.25) is 4.79 Å². The number of carbonyl (C=O) groups excluding carboxylic acids is 1. The number of fused-ring (bicyclic) bond motifs is 1. The van der Waals surface area contributed by atoms with Crippen LogP contribution in [0.5, 0.6) is 0 Å². The van der Waals surface area contributed by atoms with Crippen LogP contribution in [0.25, 0.3) is 0 Å². The molecule has 2 saturated heterocycles. The van der Waals surface area contributed by atoms with Gasteiger partial charge in [0.15, 0.2) is 0 Å². The Bertz CT molecular complexity index is 984. The van der Waals surface area contributed by atoms with E-state index in [-0.39, 0.29) is 23.8 Å². The molecule has 2 aromatic carbocycles. The summed E-state index contributed by atoms with van der Waals surface area (Å²) < 4.78 is 13.6. The van der Waals surface area contributed by atoms with Crippen LogP contribution in [-0.4, -0.2) is 54.6 Å². The summed E-state index contributed by atoms with van der Waals surface area (Å²) in [6.45, 7) is 5.90. The number of rotatable bonds is 4. The summed E-state index contributed by atoms with van der Waals surface area (Å²) in [5.41, 5.74) is 3.15. The number of halogens is 1. The molecule has 3 heterocycles. The van der Waals surface area contributed by atoms with E-state index in [9.17, 15) is 9.18 Å². The zero-order valence-electron chi connectivity index (χ0n) is 18.4. The van der Waals surface area contributed by atoms with Crippen molar-refractivity contribution < 1.29 is 9.18 Å². The SMILES string of the molecule is Cc1ccc(NC2=CN(c3ccc(F)cc3)C3CN(C(=O)[C@H]4CCCNC4)CCN23)cc1. The summed E-state index contributed by atoms with van der Waals surface area (Å²) >= 11 is 0. The van der Waals surface area contributed by atoms with Crippen molar-refractivity contribution in [2.45, 2.75) is 25.9 Å². The van der Waals surface area contributed by atoms with Gasteiger partial charge in [-0.05, 0) is 62.7 Å². The number of nitrogens with one attached hydrogen (secondary N) is 2. The molecular weight excluding hydrogens is 405 g/mol. The van der Waals surface area contributed by atoms with Crippen molar-refractivity contribution in [3.05, 3.63) is 71.9 Å². The summed E-state index contributed by atoms with van der Waals surface area (Å²) in [5.74, 6) is 1.05. The fourth-order valence-corrected chi connectivity index (χ4v) is 4.85. The van der Waals surface area contributed by atoms with E-state index in [2.05, 4.69) is 57.8 Å². The van der Waals surface area contributed by atoms with E-state index in [1.165, 1.54) is 17.7 Å². The lowest BCUT2D eigenvalue weighted by Crippen LogP contribution is -2.58. The average Bonchev–Trinajstić information content (AvgIpc) is 3.18. The van der Waals surface area contributed by atoms with Crippen molar-refractivity contribution in [3.63, 3.8) is 0 Å². The van der Waals surface area contributed by atoms with E-state index in [1.54, 1.807) is 12.1 Å². The number of aryl methyl sites for hydroxylation is 1. The van der Waals surface area contributed by atoms with Crippen LogP contribution < -0.4 is 15.5 Å². The minimum absolute atomic E-state index is 0.0253. The third-order valence-electron chi connectivity index (χ3n) is 6.65. The highest BCUT2D eigenvalue weighted by molar-refractivity contribution is 5.79. The lowest BCUT2D eigenvalue weighted by Gasteiger charge is -2.43. The molecule has 6 nitrogen and oxygen atoms in total. The van der Waals surface area contributed by atoms with Crippen molar-refractivity contribution in [1.82, 2.24) is 15.1 Å². The number of benzene rings is 2. The van der Waals surface area contributed by atoms with E-state index in [0.717, 1.165) is 49.7 Å². The predicted octanol–water partition coefficient (Wildman–Crippen LogP) is 3.34. The van der Waals surface area contributed by atoms with Gasteiger partial charge in [0, 0.05) is 37.2 Å². The second-order valence-electron chi connectivity index (χ2n) is 8.89. The molecule has 0 bridgehead atoms. The molecule has 168 valence electrons. The number of nitrogens with zero attached hydrogens (tertiary/aromatic N) is 3. The minimum atomic E-state index is -0.253. The zero-order valence-corrected chi connectivity index (χ0v) is 18.4. The van der Waals surface area contributed by atoms with Crippen molar-refractivity contribution in [1.29, 1.82) is 0 Å². The molecule has 0 radical (unpaired) electrons. The first-order valence-corrected chi connectivity index (χ1v) is 11.4. The first-order valence-electron chi connectivity index (χ1n) is 11.4. The smallest absolute Gasteiger partial charge is 0.227 e. The highest BCUT2D eigenvalue weighted by Crippen LogP contribution is 2.32. The maximum absolute atomic E-state index is 13.6. The molecule has 2 N–H and O–H groups in total. The van der Waals surface area contributed by atoms with E-state index in [1.807, 2.05) is 4.90 Å². The third-order valence-corrected chi connectivity index (χ3v) is 6.65. The van der Waals surface area contributed by atoms with Gasteiger partial charge in [0.25, 0.3) is 0 Å². The molecule has 32 heavy (non-hydrogen) atoms. The number of piperidine rings is 1. The highest BCUT2D eigenvalue weighted by Gasteiger charge is 2.40. The summed E-state index contributed by atoms with van der Waals surface area (Å²) in [4.78, 5) is 19.7. The first-order chi connectivity index (χ1) is 15.6. The van der Waals surface area contributed by atoms with Crippen LogP contribution in [0.4, 0.5) is 15.8 Å². The van der Waals surface area contributed by atoms with Gasteiger partial charge >= 0.3 is 0 Å². The Morgan fingerprint density at radius 2 is 1.88 bits per heavy atom. The molecule has 2 atom stereocenters. The molecule has 7 heteroatoms. The number of carbonyl (C=O) groups is 1. The topological polar surface area (TPSA) is 50.9 Å². The third kappa shape index (κ3) is 4.17. The molecule has 3 aliphatic heterocycles. The molecule has 3 aliphatic rings. The Balaban J connectivity index is 1.39. The molecule has 5 rings (SSSR count). The maximum Gasteiger partial charge on any atom is 0.227 e. The molecule has 0 spiro atoms.